The van der Waals surface area contributed by atoms with E-state index in [9.17, 15) is 9.59 Å². The summed E-state index contributed by atoms with van der Waals surface area (Å²) in [6.07, 6.45) is 4.32. The second kappa shape index (κ2) is 8.49. The van der Waals surface area contributed by atoms with Crippen LogP contribution in [0.25, 0.3) is 0 Å². The van der Waals surface area contributed by atoms with Gasteiger partial charge in [-0.15, -0.1) is 12.4 Å². The van der Waals surface area contributed by atoms with Gasteiger partial charge in [-0.05, 0) is 35.4 Å². The lowest BCUT2D eigenvalue weighted by molar-refractivity contribution is -0.129. The Balaban J connectivity index is 0.00000208. The zero-order valence-electron chi connectivity index (χ0n) is 14.1. The van der Waals surface area contributed by atoms with Gasteiger partial charge in [0.2, 0.25) is 11.8 Å². The van der Waals surface area contributed by atoms with Gasteiger partial charge in [0, 0.05) is 26.6 Å². The average molecular weight is 352 g/mol. The highest BCUT2D eigenvalue weighted by Crippen LogP contribution is 2.28. The number of nitrogens with one attached hydrogen (secondary N) is 3. The molecule has 1 aliphatic heterocycles. The maximum atomic E-state index is 12.5. The molecule has 0 saturated heterocycles. The topological polar surface area (TPSA) is 70.2 Å². The molecule has 0 radical (unpaired) electrons. The lowest BCUT2D eigenvalue weighted by atomic mass is 9.97. The zero-order valence-corrected chi connectivity index (χ0v) is 14.9. The molecule has 1 heterocycles. The molecule has 24 heavy (non-hydrogen) atoms. The Bertz CT molecular complexity index is 600. The van der Waals surface area contributed by atoms with E-state index >= 15 is 0 Å². The second-order valence-electron chi connectivity index (χ2n) is 6.65. The summed E-state index contributed by atoms with van der Waals surface area (Å²) in [5.74, 6) is 0.0644. The number of carbonyl (C=O) groups is 2. The van der Waals surface area contributed by atoms with Crippen LogP contribution < -0.4 is 16.0 Å². The predicted molar refractivity (Wildman–Crippen MR) is 95.6 cm³/mol. The summed E-state index contributed by atoms with van der Waals surface area (Å²) in [4.78, 5) is 24.0. The number of halogens is 1. The molecular formula is C18H26ClN3O2. The standard InChI is InChI=1S/C18H25N3O2.ClH/c1-12(22)21-17(14-4-2-3-5-14)18(23)20-9-13-6-7-15-10-19-11-16(15)8-13;/h6-8,14,17,19H,2-5,9-11H2,1H3,(H,20,23)(H,21,22);1H. The predicted octanol–water partition coefficient (Wildman–Crippen LogP) is 2.02. The van der Waals surface area contributed by atoms with Crippen molar-refractivity contribution in [1.82, 2.24) is 16.0 Å². The average Bonchev–Trinajstić information content (AvgIpc) is 3.20. The maximum Gasteiger partial charge on any atom is 0.243 e. The molecule has 1 unspecified atom stereocenters. The summed E-state index contributed by atoms with van der Waals surface area (Å²) >= 11 is 0. The van der Waals surface area contributed by atoms with Gasteiger partial charge in [-0.3, -0.25) is 9.59 Å². The first-order valence-corrected chi connectivity index (χ1v) is 8.49. The molecule has 0 spiro atoms. The van der Waals surface area contributed by atoms with E-state index < -0.39 is 6.04 Å². The zero-order chi connectivity index (χ0) is 16.2. The summed E-state index contributed by atoms with van der Waals surface area (Å²) in [6, 6.07) is 5.94. The molecule has 3 rings (SSSR count). The summed E-state index contributed by atoms with van der Waals surface area (Å²) in [5.41, 5.74) is 3.75. The first-order valence-electron chi connectivity index (χ1n) is 8.49. The summed E-state index contributed by atoms with van der Waals surface area (Å²) in [7, 11) is 0. The molecule has 1 saturated carbocycles. The summed E-state index contributed by atoms with van der Waals surface area (Å²) in [5, 5.41) is 9.16. The lowest BCUT2D eigenvalue weighted by Crippen LogP contribution is -2.49. The largest absolute Gasteiger partial charge is 0.350 e. The molecule has 1 fully saturated rings. The fourth-order valence-electron chi connectivity index (χ4n) is 3.66. The SMILES string of the molecule is CC(=O)NC(C(=O)NCc1ccc2c(c1)CNC2)C1CCCC1.Cl. The molecular weight excluding hydrogens is 326 g/mol. The van der Waals surface area contributed by atoms with Crippen LogP contribution in [0.5, 0.6) is 0 Å². The lowest BCUT2D eigenvalue weighted by Gasteiger charge is -2.23. The number of rotatable bonds is 5. The van der Waals surface area contributed by atoms with E-state index in [-0.39, 0.29) is 30.1 Å². The Kier molecular flexibility index (Phi) is 6.63. The van der Waals surface area contributed by atoms with Crippen LogP contribution in [-0.2, 0) is 29.2 Å². The molecule has 1 aromatic rings. The van der Waals surface area contributed by atoms with Crippen LogP contribution in [0.1, 0.15) is 49.3 Å². The third-order valence-electron chi connectivity index (χ3n) is 4.88. The van der Waals surface area contributed by atoms with Crippen molar-refractivity contribution in [1.29, 1.82) is 0 Å². The maximum absolute atomic E-state index is 12.5. The van der Waals surface area contributed by atoms with Crippen molar-refractivity contribution < 1.29 is 9.59 Å². The summed E-state index contributed by atoms with van der Waals surface area (Å²) in [6.45, 7) is 3.81. The first-order chi connectivity index (χ1) is 11.1. The first kappa shape index (κ1) is 18.7. The van der Waals surface area contributed by atoms with Gasteiger partial charge in [0.05, 0.1) is 0 Å². The van der Waals surface area contributed by atoms with Crippen LogP contribution in [0.4, 0.5) is 0 Å². The van der Waals surface area contributed by atoms with Crippen LogP contribution in [0.2, 0.25) is 0 Å². The van der Waals surface area contributed by atoms with Crippen molar-refractivity contribution in [3.8, 4) is 0 Å². The minimum atomic E-state index is -0.397. The molecule has 3 N–H and O–H groups in total. The second-order valence-corrected chi connectivity index (χ2v) is 6.65. The Morgan fingerprint density at radius 1 is 1.21 bits per heavy atom. The molecule has 5 nitrogen and oxygen atoms in total. The third-order valence-corrected chi connectivity index (χ3v) is 4.88. The van der Waals surface area contributed by atoms with Gasteiger partial charge in [-0.25, -0.2) is 0 Å². The van der Waals surface area contributed by atoms with Crippen molar-refractivity contribution in [3.05, 3.63) is 34.9 Å². The molecule has 1 aromatic carbocycles. The van der Waals surface area contributed by atoms with Gasteiger partial charge < -0.3 is 16.0 Å². The summed E-state index contributed by atoms with van der Waals surface area (Å²) < 4.78 is 0. The van der Waals surface area contributed by atoms with Crippen molar-refractivity contribution >= 4 is 24.2 Å². The van der Waals surface area contributed by atoms with E-state index in [1.165, 1.54) is 18.1 Å². The molecule has 2 amide bonds. The minimum absolute atomic E-state index is 0. The molecule has 6 heteroatoms. The Hall–Kier alpha value is -1.59. The van der Waals surface area contributed by atoms with Gasteiger partial charge >= 0.3 is 0 Å². The van der Waals surface area contributed by atoms with E-state index in [4.69, 9.17) is 0 Å². The number of carbonyl (C=O) groups excluding carboxylic acids is 2. The third kappa shape index (κ3) is 4.48. The van der Waals surface area contributed by atoms with E-state index in [0.717, 1.165) is 44.3 Å². The monoisotopic (exact) mass is 351 g/mol. The highest BCUT2D eigenvalue weighted by Gasteiger charge is 2.31. The van der Waals surface area contributed by atoms with Crippen molar-refractivity contribution in [3.63, 3.8) is 0 Å². The highest BCUT2D eigenvalue weighted by atomic mass is 35.5. The quantitative estimate of drug-likeness (QED) is 0.760. The Labute approximate surface area is 149 Å². The molecule has 0 bridgehead atoms. The Morgan fingerprint density at radius 3 is 2.62 bits per heavy atom. The Morgan fingerprint density at radius 2 is 1.92 bits per heavy atom. The van der Waals surface area contributed by atoms with Crippen LogP contribution in [0, 0.1) is 5.92 Å². The fourth-order valence-corrected chi connectivity index (χ4v) is 3.66. The fraction of sp³-hybridized carbons (Fsp3) is 0.556. The molecule has 1 atom stereocenters. The normalized spacial score (nSPS) is 17.7. The number of benzene rings is 1. The molecule has 2 aliphatic rings. The van der Waals surface area contributed by atoms with Gasteiger partial charge in [-0.2, -0.15) is 0 Å². The van der Waals surface area contributed by atoms with Crippen LogP contribution in [0.3, 0.4) is 0 Å². The van der Waals surface area contributed by atoms with Crippen molar-refractivity contribution in [2.75, 3.05) is 0 Å². The van der Waals surface area contributed by atoms with E-state index in [1.54, 1.807) is 0 Å². The smallest absolute Gasteiger partial charge is 0.243 e. The molecule has 132 valence electrons. The number of hydrogen-bond acceptors (Lipinski definition) is 3. The number of hydrogen-bond donors (Lipinski definition) is 3. The minimum Gasteiger partial charge on any atom is -0.350 e. The molecule has 1 aliphatic carbocycles. The molecule has 0 aromatic heterocycles. The van der Waals surface area contributed by atoms with Gasteiger partial charge in [-0.1, -0.05) is 31.0 Å². The number of fused-ring (bicyclic) bond motifs is 1. The van der Waals surface area contributed by atoms with Gasteiger partial charge in [0.25, 0.3) is 0 Å². The van der Waals surface area contributed by atoms with Crippen LogP contribution in [-0.4, -0.2) is 17.9 Å². The van der Waals surface area contributed by atoms with Gasteiger partial charge in [0.15, 0.2) is 0 Å². The highest BCUT2D eigenvalue weighted by molar-refractivity contribution is 5.87. The van der Waals surface area contributed by atoms with E-state index in [1.807, 2.05) is 0 Å². The van der Waals surface area contributed by atoms with Crippen LogP contribution >= 0.6 is 12.4 Å². The van der Waals surface area contributed by atoms with Crippen LogP contribution in [0.15, 0.2) is 18.2 Å². The van der Waals surface area contributed by atoms with E-state index in [2.05, 4.69) is 34.1 Å². The van der Waals surface area contributed by atoms with Gasteiger partial charge in [0.1, 0.15) is 6.04 Å². The van der Waals surface area contributed by atoms with Crippen molar-refractivity contribution in [2.45, 2.75) is 58.3 Å². The van der Waals surface area contributed by atoms with Crippen molar-refractivity contribution in [2.24, 2.45) is 5.92 Å². The van der Waals surface area contributed by atoms with E-state index in [0.29, 0.717) is 6.54 Å². The number of amides is 2.